The molecule has 0 unspecified atom stereocenters. The number of aromatic nitrogens is 1. The Kier molecular flexibility index (Phi) is 6.49. The molecule has 0 fully saturated rings. The normalized spacial score (nSPS) is 12.2. The molecular formula is C27H24F2NOS. The van der Waals surface area contributed by atoms with Crippen molar-refractivity contribution in [2.45, 2.75) is 32.3 Å². The van der Waals surface area contributed by atoms with Gasteiger partial charge in [0.15, 0.2) is 5.82 Å². The van der Waals surface area contributed by atoms with Gasteiger partial charge in [-0.3, -0.25) is 0 Å². The maximum absolute atomic E-state index is 13.8. The van der Waals surface area contributed by atoms with Crippen molar-refractivity contribution in [2.75, 3.05) is 0 Å². The first-order valence-electron chi connectivity index (χ1n) is 10.5. The molecule has 4 rings (SSSR count). The first-order valence-corrected chi connectivity index (χ1v) is 11.3. The van der Waals surface area contributed by atoms with E-state index in [2.05, 4.69) is 23.5 Å². The Labute approximate surface area is 190 Å². The summed E-state index contributed by atoms with van der Waals surface area (Å²) in [6.45, 7) is 3.61. The second kappa shape index (κ2) is 9.31. The third-order valence-corrected chi connectivity index (χ3v) is 6.20. The molecule has 0 amide bonds. The molecule has 0 saturated heterocycles. The summed E-state index contributed by atoms with van der Waals surface area (Å²) in [6.07, 6.45) is 7.57. The molecule has 5 heteroatoms. The largest absolute Gasteiger partial charge is 0.386 e. The van der Waals surface area contributed by atoms with Crippen molar-refractivity contribution in [2.24, 2.45) is 0 Å². The van der Waals surface area contributed by atoms with Gasteiger partial charge >= 0.3 is 0 Å². The molecule has 0 aliphatic carbocycles. The van der Waals surface area contributed by atoms with E-state index in [0.717, 1.165) is 46.4 Å². The Morgan fingerprint density at radius 1 is 0.969 bits per heavy atom. The van der Waals surface area contributed by atoms with E-state index < -0.39 is 16.5 Å². The second-order valence-corrected chi connectivity index (χ2v) is 9.24. The van der Waals surface area contributed by atoms with Crippen LogP contribution >= 0.6 is 11.3 Å². The van der Waals surface area contributed by atoms with Crippen LogP contribution in [-0.2, 0) is 12.0 Å². The van der Waals surface area contributed by atoms with Crippen LogP contribution in [0, 0.1) is 17.4 Å². The van der Waals surface area contributed by atoms with Gasteiger partial charge in [-0.25, -0.2) is 9.37 Å². The van der Waals surface area contributed by atoms with Crippen LogP contribution in [0.2, 0.25) is 0 Å². The quantitative estimate of drug-likeness (QED) is 0.325. The summed E-state index contributed by atoms with van der Waals surface area (Å²) in [4.78, 5) is 4.22. The number of aliphatic hydroxyl groups is 1. The third-order valence-electron chi connectivity index (χ3n) is 5.29. The third kappa shape index (κ3) is 5.12. The van der Waals surface area contributed by atoms with Crippen LogP contribution in [0.15, 0.2) is 60.7 Å². The summed E-state index contributed by atoms with van der Waals surface area (Å²) in [5.74, 6) is -0.886. The van der Waals surface area contributed by atoms with Gasteiger partial charge < -0.3 is 5.11 Å². The Morgan fingerprint density at radius 2 is 1.75 bits per heavy atom. The lowest BCUT2D eigenvalue weighted by Crippen LogP contribution is -2.17. The monoisotopic (exact) mass is 448 g/mol. The number of thiophene rings is 1. The number of aryl methyl sites for hydroxylation is 1. The lowest BCUT2D eigenvalue weighted by molar-refractivity contribution is 0.0776. The Bertz CT molecular complexity index is 1270. The summed E-state index contributed by atoms with van der Waals surface area (Å²) in [7, 11) is 0. The topological polar surface area (TPSA) is 33.1 Å². The van der Waals surface area contributed by atoms with E-state index in [0.29, 0.717) is 10.4 Å². The molecule has 2 aromatic heterocycles. The molecule has 0 bridgehead atoms. The van der Waals surface area contributed by atoms with Crippen LogP contribution < -0.4 is 0 Å². The second-order valence-electron chi connectivity index (χ2n) is 8.24. The number of hydrogen-bond donors (Lipinski definition) is 1. The summed E-state index contributed by atoms with van der Waals surface area (Å²) >= 11 is 0.766. The SMILES string of the molecule is CC(C)(O)c1ccccc1CC[CH]c1cccc(C=Cc2ccc3sc(F)c(F)c3n2)c1. The Hall–Kier alpha value is -2.89. The molecule has 0 atom stereocenters. The number of hydrogen-bond acceptors (Lipinski definition) is 3. The molecule has 0 saturated carbocycles. The average Bonchev–Trinajstić information content (AvgIpc) is 3.05. The Balaban J connectivity index is 1.43. The van der Waals surface area contributed by atoms with Crippen molar-refractivity contribution in [3.8, 4) is 0 Å². The van der Waals surface area contributed by atoms with Gasteiger partial charge in [-0.1, -0.05) is 54.6 Å². The van der Waals surface area contributed by atoms with E-state index in [-0.39, 0.29) is 5.52 Å². The first kappa shape index (κ1) is 22.3. The number of halogens is 2. The molecule has 1 radical (unpaired) electrons. The molecule has 4 aromatic rings. The fourth-order valence-electron chi connectivity index (χ4n) is 3.73. The molecule has 1 N–H and O–H groups in total. The highest BCUT2D eigenvalue weighted by atomic mass is 32.1. The molecule has 0 aliphatic rings. The number of benzene rings is 2. The van der Waals surface area contributed by atoms with Gasteiger partial charge in [0.05, 0.1) is 16.0 Å². The van der Waals surface area contributed by atoms with E-state index in [1.807, 2.05) is 42.5 Å². The maximum Gasteiger partial charge on any atom is 0.215 e. The highest BCUT2D eigenvalue weighted by molar-refractivity contribution is 7.17. The fraction of sp³-hybridized carbons (Fsp3) is 0.185. The van der Waals surface area contributed by atoms with Gasteiger partial charge in [0.1, 0.15) is 5.52 Å². The number of fused-ring (bicyclic) bond motifs is 1. The summed E-state index contributed by atoms with van der Waals surface area (Å²) in [5, 5.41) is 9.56. The minimum Gasteiger partial charge on any atom is -0.386 e. The average molecular weight is 449 g/mol. The van der Waals surface area contributed by atoms with Crippen molar-refractivity contribution in [1.29, 1.82) is 0 Å². The van der Waals surface area contributed by atoms with Gasteiger partial charge in [0.25, 0.3) is 0 Å². The minimum absolute atomic E-state index is 0.0723. The van der Waals surface area contributed by atoms with Gasteiger partial charge in [-0.05, 0) is 73.6 Å². The first-order chi connectivity index (χ1) is 15.3. The smallest absolute Gasteiger partial charge is 0.215 e. The predicted molar refractivity (Wildman–Crippen MR) is 128 cm³/mol. The van der Waals surface area contributed by atoms with Crippen molar-refractivity contribution in [3.05, 3.63) is 106 Å². The Morgan fingerprint density at radius 3 is 2.56 bits per heavy atom. The van der Waals surface area contributed by atoms with Crippen LogP contribution in [0.4, 0.5) is 8.78 Å². The molecule has 2 heterocycles. The molecule has 0 spiro atoms. The van der Waals surface area contributed by atoms with Crippen molar-refractivity contribution in [1.82, 2.24) is 4.98 Å². The van der Waals surface area contributed by atoms with E-state index >= 15 is 0 Å². The van der Waals surface area contributed by atoms with Crippen LogP contribution in [0.5, 0.6) is 0 Å². The number of rotatable bonds is 7. The summed E-state index contributed by atoms with van der Waals surface area (Å²) in [5.41, 5.74) is 3.98. The van der Waals surface area contributed by atoms with Crippen LogP contribution in [0.1, 0.15) is 48.2 Å². The van der Waals surface area contributed by atoms with E-state index in [1.165, 1.54) is 0 Å². The lowest BCUT2D eigenvalue weighted by Gasteiger charge is -2.21. The number of nitrogens with zero attached hydrogens (tertiary/aromatic N) is 1. The minimum atomic E-state index is -0.886. The lowest BCUT2D eigenvalue weighted by atomic mass is 9.90. The fourth-order valence-corrected chi connectivity index (χ4v) is 4.48. The van der Waals surface area contributed by atoms with Crippen LogP contribution in [0.3, 0.4) is 0 Å². The number of pyridine rings is 1. The molecule has 2 aromatic carbocycles. The van der Waals surface area contributed by atoms with Gasteiger partial charge in [0, 0.05) is 0 Å². The van der Waals surface area contributed by atoms with E-state index in [9.17, 15) is 13.9 Å². The van der Waals surface area contributed by atoms with Crippen molar-refractivity contribution < 1.29 is 13.9 Å². The molecular weight excluding hydrogens is 424 g/mol. The highest BCUT2D eigenvalue weighted by Gasteiger charge is 2.19. The zero-order valence-corrected chi connectivity index (χ0v) is 18.8. The molecule has 0 aliphatic heterocycles. The van der Waals surface area contributed by atoms with Gasteiger partial charge in [-0.2, -0.15) is 4.39 Å². The maximum atomic E-state index is 13.8. The van der Waals surface area contributed by atoms with Crippen molar-refractivity contribution >= 4 is 33.7 Å². The molecule has 163 valence electrons. The zero-order chi connectivity index (χ0) is 22.7. The van der Waals surface area contributed by atoms with Crippen LogP contribution in [-0.4, -0.2) is 10.1 Å². The molecule has 2 nitrogen and oxygen atoms in total. The van der Waals surface area contributed by atoms with Crippen molar-refractivity contribution in [3.63, 3.8) is 0 Å². The zero-order valence-electron chi connectivity index (χ0n) is 18.0. The summed E-state index contributed by atoms with van der Waals surface area (Å²) < 4.78 is 27.7. The van der Waals surface area contributed by atoms with E-state index in [1.54, 1.807) is 32.1 Å². The standard InChI is InChI=1S/C27H24F2NOS/c1-27(2,31)22-12-4-3-10-20(22)11-6-9-18-7-5-8-19(17-18)13-14-21-15-16-23-25(30-21)24(28)26(29)32-23/h3-5,7-10,12-17,31H,6,11H2,1-2H3. The van der Waals surface area contributed by atoms with Gasteiger partial charge in [-0.15, -0.1) is 11.3 Å². The van der Waals surface area contributed by atoms with Crippen LogP contribution in [0.25, 0.3) is 22.4 Å². The van der Waals surface area contributed by atoms with Gasteiger partial charge in [0.2, 0.25) is 5.13 Å². The molecule has 32 heavy (non-hydrogen) atoms. The highest BCUT2D eigenvalue weighted by Crippen LogP contribution is 2.28. The summed E-state index contributed by atoms with van der Waals surface area (Å²) in [6, 6.07) is 19.5. The van der Waals surface area contributed by atoms with E-state index in [4.69, 9.17) is 0 Å². The predicted octanol–water partition coefficient (Wildman–Crippen LogP) is 7.16.